The number of nitrogens with zero attached hydrogens (tertiary/aromatic N) is 4. The van der Waals surface area contributed by atoms with Crippen LogP contribution in [0, 0.1) is 22.7 Å². The molecule has 0 aliphatic carbocycles. The van der Waals surface area contributed by atoms with Crippen LogP contribution in [-0.2, 0) is 16.1 Å². The third kappa shape index (κ3) is 3.09. The van der Waals surface area contributed by atoms with Crippen LogP contribution in [0.3, 0.4) is 0 Å². The van der Waals surface area contributed by atoms with Gasteiger partial charge in [0.1, 0.15) is 18.7 Å². The molecule has 0 aromatic carbocycles. The van der Waals surface area contributed by atoms with Crippen LogP contribution in [0.2, 0.25) is 0 Å². The Morgan fingerprint density at radius 1 is 1.47 bits per heavy atom. The summed E-state index contributed by atoms with van der Waals surface area (Å²) in [6, 6.07) is 3.82. The third-order valence-electron chi connectivity index (χ3n) is 2.95. The van der Waals surface area contributed by atoms with Gasteiger partial charge in [0.05, 0.1) is 6.33 Å². The van der Waals surface area contributed by atoms with E-state index >= 15 is 0 Å². The molecular weight excluding hydrogens is 246 g/mol. The lowest BCUT2D eigenvalue weighted by atomic mass is 10.1. The molecule has 98 valence electrons. The molecule has 1 aromatic heterocycles. The molecule has 1 aliphatic rings. The number of hydrogen-bond donors (Lipinski definition) is 1. The number of ether oxygens (including phenoxy) is 1. The molecule has 1 aliphatic heterocycles. The first-order chi connectivity index (χ1) is 9.24. The Hall–Kier alpha value is -2.38. The summed E-state index contributed by atoms with van der Waals surface area (Å²) in [4.78, 5) is 15.6. The Kier molecular flexibility index (Phi) is 4.11. The molecule has 0 atom stereocenters. The van der Waals surface area contributed by atoms with Crippen molar-refractivity contribution in [2.45, 2.75) is 25.4 Å². The monoisotopic (exact) mass is 259 g/mol. The van der Waals surface area contributed by atoms with Crippen LogP contribution in [0.1, 0.15) is 24.2 Å². The van der Waals surface area contributed by atoms with Gasteiger partial charge in [-0.1, -0.05) is 0 Å². The van der Waals surface area contributed by atoms with E-state index in [-0.39, 0.29) is 29.9 Å². The van der Waals surface area contributed by atoms with Crippen LogP contribution in [0.15, 0.2) is 6.33 Å². The standard InChI is InChI=1S/C12H13N5O2/c13-5-10-11(6-14)17(8-15-10)7-12(18)16-9-1-3-19-4-2-9/h8-9H,1-4,7H2,(H,16,18). The second kappa shape index (κ2) is 5.98. The average molecular weight is 259 g/mol. The minimum Gasteiger partial charge on any atom is -0.381 e. The number of amides is 1. The summed E-state index contributed by atoms with van der Waals surface area (Å²) in [5, 5.41) is 20.6. The van der Waals surface area contributed by atoms with Gasteiger partial charge in [-0.3, -0.25) is 4.79 Å². The van der Waals surface area contributed by atoms with Crippen LogP contribution in [0.25, 0.3) is 0 Å². The molecule has 1 fully saturated rings. The van der Waals surface area contributed by atoms with Gasteiger partial charge in [0, 0.05) is 19.3 Å². The van der Waals surface area contributed by atoms with Crippen molar-refractivity contribution in [3.63, 3.8) is 0 Å². The van der Waals surface area contributed by atoms with Gasteiger partial charge in [0.25, 0.3) is 0 Å². The number of imidazole rings is 1. The van der Waals surface area contributed by atoms with Crippen molar-refractivity contribution >= 4 is 5.91 Å². The first kappa shape index (κ1) is 13.1. The topological polar surface area (TPSA) is 104 Å². The van der Waals surface area contributed by atoms with Crippen molar-refractivity contribution in [3.8, 4) is 12.1 Å². The fraction of sp³-hybridized carbons (Fsp3) is 0.500. The fourth-order valence-corrected chi connectivity index (χ4v) is 1.97. The Morgan fingerprint density at radius 3 is 2.84 bits per heavy atom. The van der Waals surface area contributed by atoms with Crippen LogP contribution in [0.4, 0.5) is 0 Å². The molecule has 7 heteroatoms. The number of rotatable bonds is 3. The highest BCUT2D eigenvalue weighted by atomic mass is 16.5. The van der Waals surface area contributed by atoms with Crippen molar-refractivity contribution in [2.75, 3.05) is 13.2 Å². The summed E-state index contributed by atoms with van der Waals surface area (Å²) in [6.07, 6.45) is 2.93. The van der Waals surface area contributed by atoms with E-state index in [2.05, 4.69) is 10.3 Å². The zero-order valence-electron chi connectivity index (χ0n) is 10.3. The highest BCUT2D eigenvalue weighted by Gasteiger charge is 2.18. The number of nitriles is 2. The van der Waals surface area contributed by atoms with Crippen LogP contribution in [-0.4, -0.2) is 34.7 Å². The number of carbonyl (C=O) groups excluding carboxylic acids is 1. The molecule has 0 bridgehead atoms. The molecule has 2 heterocycles. The van der Waals surface area contributed by atoms with Gasteiger partial charge in [0.15, 0.2) is 11.4 Å². The normalized spacial score (nSPS) is 15.5. The highest BCUT2D eigenvalue weighted by Crippen LogP contribution is 2.07. The number of nitrogens with one attached hydrogen (secondary N) is 1. The molecule has 0 unspecified atom stereocenters. The molecule has 0 spiro atoms. The van der Waals surface area contributed by atoms with E-state index in [1.165, 1.54) is 10.9 Å². The van der Waals surface area contributed by atoms with Gasteiger partial charge < -0.3 is 14.6 Å². The van der Waals surface area contributed by atoms with Crippen molar-refractivity contribution in [1.29, 1.82) is 10.5 Å². The van der Waals surface area contributed by atoms with Crippen LogP contribution < -0.4 is 5.32 Å². The number of aromatic nitrogens is 2. The fourth-order valence-electron chi connectivity index (χ4n) is 1.97. The molecule has 0 saturated carbocycles. The Labute approximate surface area is 110 Å². The maximum Gasteiger partial charge on any atom is 0.240 e. The van der Waals surface area contributed by atoms with Crippen molar-refractivity contribution in [2.24, 2.45) is 0 Å². The number of hydrogen-bond acceptors (Lipinski definition) is 5. The molecular formula is C12H13N5O2. The van der Waals surface area contributed by atoms with Gasteiger partial charge >= 0.3 is 0 Å². The maximum atomic E-state index is 11.9. The summed E-state index contributed by atoms with van der Waals surface area (Å²) >= 11 is 0. The lowest BCUT2D eigenvalue weighted by Crippen LogP contribution is -2.40. The molecule has 1 saturated heterocycles. The predicted molar refractivity (Wildman–Crippen MR) is 63.6 cm³/mol. The Morgan fingerprint density at radius 2 is 2.21 bits per heavy atom. The number of carbonyl (C=O) groups is 1. The van der Waals surface area contributed by atoms with Gasteiger partial charge in [-0.15, -0.1) is 0 Å². The average Bonchev–Trinajstić information content (AvgIpc) is 2.81. The van der Waals surface area contributed by atoms with Crippen molar-refractivity contribution in [3.05, 3.63) is 17.7 Å². The summed E-state index contributed by atoms with van der Waals surface area (Å²) in [5.41, 5.74) is 0.158. The van der Waals surface area contributed by atoms with E-state index in [4.69, 9.17) is 15.3 Å². The molecule has 2 rings (SSSR count). The lowest BCUT2D eigenvalue weighted by molar-refractivity contribution is -0.123. The summed E-state index contributed by atoms with van der Waals surface area (Å²) < 4.78 is 6.59. The first-order valence-electron chi connectivity index (χ1n) is 5.97. The van der Waals surface area contributed by atoms with Gasteiger partial charge in [-0.05, 0) is 12.8 Å². The molecule has 1 aromatic rings. The second-order valence-corrected chi connectivity index (χ2v) is 4.25. The smallest absolute Gasteiger partial charge is 0.240 e. The van der Waals surface area contributed by atoms with E-state index in [0.717, 1.165) is 12.8 Å². The Bertz CT molecular complexity index is 545. The van der Waals surface area contributed by atoms with Crippen molar-refractivity contribution < 1.29 is 9.53 Å². The van der Waals surface area contributed by atoms with E-state index in [0.29, 0.717) is 13.2 Å². The largest absolute Gasteiger partial charge is 0.381 e. The zero-order chi connectivity index (χ0) is 13.7. The highest BCUT2D eigenvalue weighted by molar-refractivity contribution is 5.76. The molecule has 1 amide bonds. The summed E-state index contributed by atoms with van der Waals surface area (Å²) in [6.45, 7) is 1.30. The zero-order valence-corrected chi connectivity index (χ0v) is 10.3. The minimum absolute atomic E-state index is 0.00503. The van der Waals surface area contributed by atoms with Crippen LogP contribution in [0.5, 0.6) is 0 Å². The van der Waals surface area contributed by atoms with E-state index < -0.39 is 0 Å². The SMILES string of the molecule is N#Cc1ncn(CC(=O)NC2CCOCC2)c1C#N. The summed E-state index contributed by atoms with van der Waals surface area (Å²) in [5.74, 6) is -0.190. The lowest BCUT2D eigenvalue weighted by Gasteiger charge is -2.23. The molecule has 0 radical (unpaired) electrons. The molecule has 19 heavy (non-hydrogen) atoms. The molecule has 1 N–H and O–H groups in total. The van der Waals surface area contributed by atoms with Crippen molar-refractivity contribution in [1.82, 2.24) is 14.9 Å². The Balaban J connectivity index is 1.97. The quantitative estimate of drug-likeness (QED) is 0.817. The summed E-state index contributed by atoms with van der Waals surface area (Å²) in [7, 11) is 0. The van der Waals surface area contributed by atoms with E-state index in [1.807, 2.05) is 12.1 Å². The first-order valence-corrected chi connectivity index (χ1v) is 5.97. The van der Waals surface area contributed by atoms with E-state index in [9.17, 15) is 4.79 Å². The predicted octanol–water partition coefficient (Wildman–Crippen LogP) is -0.0783. The van der Waals surface area contributed by atoms with Gasteiger partial charge in [-0.2, -0.15) is 10.5 Å². The molecule has 7 nitrogen and oxygen atoms in total. The van der Waals surface area contributed by atoms with Gasteiger partial charge in [0.2, 0.25) is 5.91 Å². The second-order valence-electron chi connectivity index (χ2n) is 4.25. The van der Waals surface area contributed by atoms with Crippen LogP contribution >= 0.6 is 0 Å². The maximum absolute atomic E-state index is 11.9. The van der Waals surface area contributed by atoms with Gasteiger partial charge in [-0.25, -0.2) is 4.98 Å². The van der Waals surface area contributed by atoms with E-state index in [1.54, 1.807) is 0 Å². The minimum atomic E-state index is -0.190. The third-order valence-corrected chi connectivity index (χ3v) is 2.95.